The molecule has 0 heterocycles. The van der Waals surface area contributed by atoms with Crippen LogP contribution in [0.5, 0.6) is 0 Å². The molecule has 0 aliphatic rings. The lowest BCUT2D eigenvalue weighted by atomic mass is 10.1. The molecule has 0 aliphatic carbocycles. The van der Waals surface area contributed by atoms with Gasteiger partial charge in [-0.3, -0.25) is 4.99 Å². The molecule has 0 fully saturated rings. The lowest BCUT2D eigenvalue weighted by Gasteiger charge is -2.23. The van der Waals surface area contributed by atoms with Crippen LogP contribution in [-0.2, 0) is 0 Å². The Hall–Kier alpha value is -1.23. The van der Waals surface area contributed by atoms with Crippen molar-refractivity contribution < 1.29 is 4.39 Å². The second-order valence-corrected chi connectivity index (χ2v) is 6.29. The maximum Gasteiger partial charge on any atom is 0.191 e. The number of hydrogen-bond acceptors (Lipinski definition) is 2. The molecule has 5 heteroatoms. The van der Waals surface area contributed by atoms with E-state index in [0.717, 1.165) is 18.3 Å². The van der Waals surface area contributed by atoms with Crippen molar-refractivity contribution in [3.8, 4) is 0 Å². The fourth-order valence-electron chi connectivity index (χ4n) is 1.43. The number of halogens is 1. The van der Waals surface area contributed by atoms with Crippen molar-refractivity contribution in [2.24, 2.45) is 4.99 Å². The van der Waals surface area contributed by atoms with E-state index >= 15 is 0 Å². The van der Waals surface area contributed by atoms with Crippen LogP contribution in [0.2, 0.25) is 0 Å². The van der Waals surface area contributed by atoms with E-state index in [0.29, 0.717) is 4.90 Å². The summed E-state index contributed by atoms with van der Waals surface area (Å²) in [5, 5.41) is 6.48. The summed E-state index contributed by atoms with van der Waals surface area (Å²) in [6.45, 7) is 6.96. The first-order valence-corrected chi connectivity index (χ1v) is 7.27. The summed E-state index contributed by atoms with van der Waals surface area (Å²) in [7, 11) is 1.74. The van der Waals surface area contributed by atoms with Crippen molar-refractivity contribution in [3.63, 3.8) is 0 Å². The minimum atomic E-state index is -0.162. The predicted molar refractivity (Wildman–Crippen MR) is 81.4 cm³/mol. The molecule has 0 saturated heterocycles. The lowest BCUT2D eigenvalue weighted by Crippen LogP contribution is -2.48. The summed E-state index contributed by atoms with van der Waals surface area (Å²) in [4.78, 5) is 4.83. The molecule has 0 unspecified atom stereocenters. The minimum Gasteiger partial charge on any atom is -0.356 e. The molecule has 106 valence electrons. The molecular weight excluding hydrogens is 261 g/mol. The van der Waals surface area contributed by atoms with Crippen LogP contribution in [-0.4, -0.2) is 30.8 Å². The van der Waals surface area contributed by atoms with Crippen LogP contribution in [0.4, 0.5) is 4.39 Å². The van der Waals surface area contributed by atoms with Crippen LogP contribution in [0.15, 0.2) is 34.2 Å². The summed E-state index contributed by atoms with van der Waals surface area (Å²) in [6.07, 6.45) is 0. The molecule has 19 heavy (non-hydrogen) atoms. The number of benzene rings is 1. The zero-order chi connectivity index (χ0) is 14.3. The zero-order valence-corrected chi connectivity index (χ0v) is 12.8. The third-order valence-corrected chi connectivity index (χ3v) is 3.26. The maximum absolute atomic E-state index is 13.4. The van der Waals surface area contributed by atoms with Gasteiger partial charge in [-0.15, -0.1) is 11.8 Å². The van der Waals surface area contributed by atoms with Gasteiger partial charge in [0.25, 0.3) is 0 Å². The van der Waals surface area contributed by atoms with Gasteiger partial charge in [-0.2, -0.15) is 0 Å². The van der Waals surface area contributed by atoms with E-state index in [1.165, 1.54) is 17.8 Å². The SMILES string of the molecule is CN=C(NCCSc1ccccc1F)NC(C)(C)C. The molecule has 1 aromatic carbocycles. The molecule has 0 saturated carbocycles. The number of aliphatic imine (C=N–C) groups is 1. The average molecular weight is 283 g/mol. The quantitative estimate of drug-likeness (QED) is 0.386. The molecule has 1 aromatic rings. The van der Waals surface area contributed by atoms with Gasteiger partial charge in [0.15, 0.2) is 5.96 Å². The van der Waals surface area contributed by atoms with Crippen LogP contribution in [0.3, 0.4) is 0 Å². The topological polar surface area (TPSA) is 36.4 Å². The Bertz CT molecular complexity index is 427. The first-order chi connectivity index (χ1) is 8.92. The normalized spacial score (nSPS) is 12.4. The van der Waals surface area contributed by atoms with E-state index in [1.54, 1.807) is 19.2 Å². The maximum atomic E-state index is 13.4. The summed E-state index contributed by atoms with van der Waals surface area (Å²) < 4.78 is 13.4. The first-order valence-electron chi connectivity index (χ1n) is 6.28. The van der Waals surface area contributed by atoms with Gasteiger partial charge in [0.05, 0.1) is 0 Å². The highest BCUT2D eigenvalue weighted by molar-refractivity contribution is 7.99. The Morgan fingerprint density at radius 2 is 2.00 bits per heavy atom. The van der Waals surface area contributed by atoms with Crippen molar-refractivity contribution in [1.82, 2.24) is 10.6 Å². The Morgan fingerprint density at radius 3 is 2.58 bits per heavy atom. The molecule has 0 spiro atoms. The van der Waals surface area contributed by atoms with Crippen LogP contribution in [0.25, 0.3) is 0 Å². The van der Waals surface area contributed by atoms with Crippen molar-refractivity contribution in [1.29, 1.82) is 0 Å². The summed E-state index contributed by atoms with van der Waals surface area (Å²) in [6, 6.07) is 6.82. The molecular formula is C14H22FN3S. The minimum absolute atomic E-state index is 0.0273. The number of hydrogen-bond donors (Lipinski definition) is 2. The second kappa shape index (κ2) is 7.38. The third-order valence-electron chi connectivity index (χ3n) is 2.21. The van der Waals surface area contributed by atoms with Crippen LogP contribution in [0.1, 0.15) is 20.8 Å². The van der Waals surface area contributed by atoms with Crippen molar-refractivity contribution in [3.05, 3.63) is 30.1 Å². The fraction of sp³-hybridized carbons (Fsp3) is 0.500. The van der Waals surface area contributed by atoms with E-state index in [4.69, 9.17) is 0 Å². The van der Waals surface area contributed by atoms with Gasteiger partial charge in [0.1, 0.15) is 5.82 Å². The van der Waals surface area contributed by atoms with E-state index in [2.05, 4.69) is 36.4 Å². The zero-order valence-electron chi connectivity index (χ0n) is 12.0. The number of rotatable bonds is 4. The predicted octanol–water partition coefficient (Wildman–Crippen LogP) is 2.88. The molecule has 0 bridgehead atoms. The summed E-state index contributed by atoms with van der Waals surface area (Å²) in [5.74, 6) is 1.39. The van der Waals surface area contributed by atoms with Crippen LogP contribution in [0, 0.1) is 5.82 Å². The Morgan fingerprint density at radius 1 is 1.32 bits per heavy atom. The molecule has 0 aromatic heterocycles. The van der Waals surface area contributed by atoms with Gasteiger partial charge in [-0.25, -0.2) is 4.39 Å². The Balaban J connectivity index is 2.33. The highest BCUT2D eigenvalue weighted by Crippen LogP contribution is 2.20. The molecule has 0 radical (unpaired) electrons. The van der Waals surface area contributed by atoms with Gasteiger partial charge in [0, 0.05) is 29.8 Å². The van der Waals surface area contributed by atoms with Crippen molar-refractivity contribution in [2.45, 2.75) is 31.2 Å². The monoisotopic (exact) mass is 283 g/mol. The molecule has 1 rings (SSSR count). The molecule has 0 amide bonds. The number of nitrogens with zero attached hydrogens (tertiary/aromatic N) is 1. The summed E-state index contributed by atoms with van der Waals surface area (Å²) >= 11 is 1.50. The standard InChI is InChI=1S/C14H22FN3S/c1-14(2,3)18-13(16-4)17-9-10-19-12-8-6-5-7-11(12)15/h5-8H,9-10H2,1-4H3,(H2,16,17,18). The lowest BCUT2D eigenvalue weighted by molar-refractivity contribution is 0.502. The molecule has 2 N–H and O–H groups in total. The highest BCUT2D eigenvalue weighted by atomic mass is 32.2. The largest absolute Gasteiger partial charge is 0.356 e. The number of nitrogens with one attached hydrogen (secondary N) is 2. The second-order valence-electron chi connectivity index (χ2n) is 5.15. The van der Waals surface area contributed by atoms with E-state index in [9.17, 15) is 4.39 Å². The van der Waals surface area contributed by atoms with Crippen LogP contribution >= 0.6 is 11.8 Å². The fourth-order valence-corrected chi connectivity index (χ4v) is 2.23. The first kappa shape index (κ1) is 15.8. The van der Waals surface area contributed by atoms with Gasteiger partial charge in [0.2, 0.25) is 0 Å². The van der Waals surface area contributed by atoms with Gasteiger partial charge < -0.3 is 10.6 Å². The number of guanidine groups is 1. The Kier molecular flexibility index (Phi) is 6.15. The third kappa shape index (κ3) is 6.47. The van der Waals surface area contributed by atoms with Gasteiger partial charge in [-0.1, -0.05) is 12.1 Å². The molecule has 0 atom stereocenters. The van der Waals surface area contributed by atoms with Crippen LogP contribution < -0.4 is 10.6 Å². The van der Waals surface area contributed by atoms with E-state index in [1.807, 2.05) is 6.07 Å². The highest BCUT2D eigenvalue weighted by Gasteiger charge is 2.11. The van der Waals surface area contributed by atoms with Gasteiger partial charge in [-0.05, 0) is 32.9 Å². The average Bonchev–Trinajstić information content (AvgIpc) is 2.33. The number of thioether (sulfide) groups is 1. The Labute approximate surface area is 119 Å². The van der Waals surface area contributed by atoms with Gasteiger partial charge >= 0.3 is 0 Å². The molecule has 3 nitrogen and oxygen atoms in total. The molecule has 0 aliphatic heterocycles. The van der Waals surface area contributed by atoms with E-state index in [-0.39, 0.29) is 11.4 Å². The van der Waals surface area contributed by atoms with E-state index < -0.39 is 0 Å². The van der Waals surface area contributed by atoms with Crippen molar-refractivity contribution in [2.75, 3.05) is 19.3 Å². The smallest absolute Gasteiger partial charge is 0.191 e. The summed E-state index contributed by atoms with van der Waals surface area (Å²) in [5.41, 5.74) is -0.0273. The van der Waals surface area contributed by atoms with Crippen molar-refractivity contribution >= 4 is 17.7 Å².